The van der Waals surface area contributed by atoms with Gasteiger partial charge in [0.15, 0.2) is 0 Å². The molecule has 2 N–H and O–H groups in total. The van der Waals surface area contributed by atoms with Crippen LogP contribution in [0.5, 0.6) is 0 Å². The highest BCUT2D eigenvalue weighted by molar-refractivity contribution is 6.11. The topological polar surface area (TPSA) is 74.0 Å². The van der Waals surface area contributed by atoms with Crippen LogP contribution >= 0.6 is 0 Å². The smallest absolute Gasteiger partial charge is 0.254 e. The van der Waals surface area contributed by atoms with Crippen molar-refractivity contribution in [2.45, 2.75) is 19.4 Å². The third-order valence-electron chi connectivity index (χ3n) is 6.65. The number of hydrogen-bond donors (Lipinski definition) is 2. The normalized spacial score (nSPS) is 18.1. The van der Waals surface area contributed by atoms with Gasteiger partial charge >= 0.3 is 0 Å². The summed E-state index contributed by atoms with van der Waals surface area (Å²) in [6.45, 7) is 2.51. The molecule has 0 radical (unpaired) electrons. The maximum Gasteiger partial charge on any atom is 0.254 e. The van der Waals surface area contributed by atoms with Crippen molar-refractivity contribution in [1.82, 2.24) is 19.8 Å². The maximum atomic E-state index is 13.3. The first kappa shape index (κ1) is 20.9. The van der Waals surface area contributed by atoms with Crippen LogP contribution in [0.25, 0.3) is 27.5 Å². The molecule has 1 saturated heterocycles. The average Bonchev–Trinajstić information content (AvgIpc) is 3.21. The number of rotatable bonds is 3. The summed E-state index contributed by atoms with van der Waals surface area (Å²) >= 11 is 0. The minimum Gasteiger partial charge on any atom is -0.387 e. The lowest BCUT2D eigenvalue weighted by Gasteiger charge is -2.36. The zero-order valence-corrected chi connectivity index (χ0v) is 19.1. The van der Waals surface area contributed by atoms with Gasteiger partial charge in [-0.2, -0.15) is 0 Å². The van der Waals surface area contributed by atoms with E-state index in [2.05, 4.69) is 45.3 Å². The molecule has 2 aromatic heterocycles. The lowest BCUT2D eigenvalue weighted by atomic mass is 9.90. The zero-order valence-electron chi connectivity index (χ0n) is 19.1. The van der Waals surface area contributed by atoms with Crippen LogP contribution in [0.2, 0.25) is 0 Å². The Hall–Kier alpha value is -3.93. The van der Waals surface area contributed by atoms with Crippen molar-refractivity contribution in [3.05, 3.63) is 83.7 Å². The van der Waals surface area contributed by atoms with E-state index in [-0.39, 0.29) is 11.9 Å². The van der Waals surface area contributed by atoms with Crippen molar-refractivity contribution < 1.29 is 4.79 Å². The predicted octanol–water partition coefficient (Wildman–Crippen LogP) is 4.61. The minimum absolute atomic E-state index is 0.0474. The Labute approximate surface area is 193 Å². The molecule has 1 unspecified atom stereocenters. The van der Waals surface area contributed by atoms with E-state index in [4.69, 9.17) is 5.41 Å². The van der Waals surface area contributed by atoms with Crippen molar-refractivity contribution in [1.29, 1.82) is 5.41 Å². The van der Waals surface area contributed by atoms with Crippen molar-refractivity contribution in [3.63, 3.8) is 0 Å². The quantitative estimate of drug-likeness (QED) is 0.491. The molecule has 5 rings (SSSR count). The number of hydrogen-bond acceptors (Lipinski definition) is 4. The largest absolute Gasteiger partial charge is 0.387 e. The van der Waals surface area contributed by atoms with Gasteiger partial charge in [-0.15, -0.1) is 0 Å². The fourth-order valence-corrected chi connectivity index (χ4v) is 4.79. The summed E-state index contributed by atoms with van der Waals surface area (Å²) in [5.74, 6) is -0.0474. The lowest BCUT2D eigenvalue weighted by molar-refractivity contribution is 0.0728. The molecular weight excluding hydrogens is 410 g/mol. The molecule has 166 valence electrons. The van der Waals surface area contributed by atoms with Crippen LogP contribution in [0, 0.1) is 5.41 Å². The van der Waals surface area contributed by atoms with Gasteiger partial charge < -0.3 is 20.2 Å². The van der Waals surface area contributed by atoms with Gasteiger partial charge in [0.1, 0.15) is 0 Å². The Kier molecular flexibility index (Phi) is 5.21. The molecule has 1 fully saturated rings. The number of carbonyl (C=O) groups is 1. The second kappa shape index (κ2) is 8.20. The molecule has 6 nitrogen and oxygen atoms in total. The number of piperidine rings is 1. The Balaban J connectivity index is 1.45. The number of fused-ring (bicyclic) bond motifs is 2. The van der Waals surface area contributed by atoms with Gasteiger partial charge in [0.25, 0.3) is 5.91 Å². The van der Waals surface area contributed by atoms with Gasteiger partial charge in [0, 0.05) is 66.2 Å². The number of nitrogens with zero attached hydrogens (tertiary/aromatic N) is 3. The molecule has 1 atom stereocenters. The number of amides is 1. The van der Waals surface area contributed by atoms with Gasteiger partial charge in [-0.05, 0) is 61.4 Å². The van der Waals surface area contributed by atoms with Crippen LogP contribution in [-0.4, -0.2) is 45.7 Å². The molecule has 0 saturated carbocycles. The van der Waals surface area contributed by atoms with E-state index in [1.807, 2.05) is 51.4 Å². The average molecular weight is 438 g/mol. The number of aryl methyl sites for hydroxylation is 1. The molecule has 1 aliphatic rings. The number of pyridine rings is 1. The van der Waals surface area contributed by atoms with Gasteiger partial charge in [-0.1, -0.05) is 12.1 Å². The van der Waals surface area contributed by atoms with Gasteiger partial charge in [0.05, 0.1) is 17.3 Å². The molecule has 2 aromatic carbocycles. The summed E-state index contributed by atoms with van der Waals surface area (Å²) in [5, 5.41) is 14.4. The van der Waals surface area contributed by atoms with Crippen molar-refractivity contribution in [2.75, 3.05) is 13.6 Å². The van der Waals surface area contributed by atoms with Crippen molar-refractivity contribution in [3.8, 4) is 0 Å². The second-order valence-electron chi connectivity index (χ2n) is 8.55. The summed E-state index contributed by atoms with van der Waals surface area (Å²) < 4.78 is 2.10. The van der Waals surface area contributed by atoms with Crippen molar-refractivity contribution >= 4 is 39.1 Å². The monoisotopic (exact) mass is 437 g/mol. The third kappa shape index (κ3) is 3.57. The van der Waals surface area contributed by atoms with Crippen LogP contribution < -0.4 is 5.32 Å². The van der Waals surface area contributed by atoms with Crippen LogP contribution in [0.1, 0.15) is 29.3 Å². The highest BCUT2D eigenvalue weighted by Gasteiger charge is 2.32. The number of aromatic nitrogens is 2. The first-order chi connectivity index (χ1) is 16.0. The van der Waals surface area contributed by atoms with E-state index >= 15 is 0 Å². The zero-order chi connectivity index (χ0) is 23.1. The molecule has 4 aromatic rings. The minimum atomic E-state index is -0.311. The van der Waals surface area contributed by atoms with Crippen LogP contribution in [0.3, 0.4) is 0 Å². The Morgan fingerprint density at radius 3 is 2.70 bits per heavy atom. The molecule has 0 spiro atoms. The molecular formula is C27H27N5O. The molecule has 1 aliphatic heterocycles. The van der Waals surface area contributed by atoms with E-state index in [1.54, 1.807) is 11.1 Å². The van der Waals surface area contributed by atoms with E-state index < -0.39 is 0 Å². The molecule has 33 heavy (non-hydrogen) atoms. The SMILES string of the molecule is CN/C(=C1/CCN(C(=O)c2ccc3ncccc3c2)C(C)C1=N)c1ccc2c(ccn2C)c1. The van der Waals surface area contributed by atoms with E-state index in [9.17, 15) is 4.79 Å². The van der Waals surface area contributed by atoms with E-state index in [0.717, 1.165) is 27.7 Å². The van der Waals surface area contributed by atoms with Crippen LogP contribution in [-0.2, 0) is 7.05 Å². The lowest BCUT2D eigenvalue weighted by Crippen LogP contribution is -2.48. The number of carbonyl (C=O) groups excluding carboxylic acids is 1. The third-order valence-corrected chi connectivity index (χ3v) is 6.65. The standard InChI is InChI=1S/C27H27N5O/c1-17-25(28)22(26(29-2)20-7-9-24-19(16-20)10-13-31(24)3)11-14-32(17)27(33)21-6-8-23-18(15-21)5-4-12-30-23/h4-10,12-13,15-17,28-29H,11,14H2,1-3H3/b26-22-,28-25?. The maximum absolute atomic E-state index is 13.3. The van der Waals surface area contributed by atoms with Gasteiger partial charge in [0.2, 0.25) is 0 Å². The molecule has 1 amide bonds. The van der Waals surface area contributed by atoms with Gasteiger partial charge in [-0.3, -0.25) is 9.78 Å². The second-order valence-corrected chi connectivity index (χ2v) is 8.55. The van der Waals surface area contributed by atoms with Crippen LogP contribution in [0.4, 0.5) is 0 Å². The Morgan fingerprint density at radius 1 is 1.09 bits per heavy atom. The predicted molar refractivity (Wildman–Crippen MR) is 133 cm³/mol. The highest BCUT2D eigenvalue weighted by atomic mass is 16.2. The summed E-state index contributed by atoms with van der Waals surface area (Å²) in [6.07, 6.45) is 4.44. The van der Waals surface area contributed by atoms with Gasteiger partial charge in [-0.25, -0.2) is 0 Å². The van der Waals surface area contributed by atoms with E-state index in [0.29, 0.717) is 24.2 Å². The summed E-state index contributed by atoms with van der Waals surface area (Å²) in [7, 11) is 3.94. The number of nitrogens with one attached hydrogen (secondary N) is 2. The Bertz CT molecular complexity index is 1430. The molecule has 6 heteroatoms. The summed E-state index contributed by atoms with van der Waals surface area (Å²) in [4.78, 5) is 19.5. The summed E-state index contributed by atoms with van der Waals surface area (Å²) in [5.41, 5.74) is 6.14. The van der Waals surface area contributed by atoms with Crippen molar-refractivity contribution in [2.24, 2.45) is 7.05 Å². The fourth-order valence-electron chi connectivity index (χ4n) is 4.79. The highest BCUT2D eigenvalue weighted by Crippen LogP contribution is 2.29. The van der Waals surface area contributed by atoms with Crippen LogP contribution in [0.15, 0.2) is 72.6 Å². The Morgan fingerprint density at radius 2 is 1.88 bits per heavy atom. The number of benzene rings is 2. The number of likely N-dealkylation sites (tertiary alicyclic amines) is 1. The molecule has 0 aliphatic carbocycles. The summed E-state index contributed by atoms with van der Waals surface area (Å²) in [6, 6.07) is 17.6. The van der Waals surface area contributed by atoms with E-state index in [1.165, 1.54) is 10.9 Å². The first-order valence-electron chi connectivity index (χ1n) is 11.2. The molecule has 0 bridgehead atoms. The first-order valence-corrected chi connectivity index (χ1v) is 11.2. The molecule has 3 heterocycles. The fraction of sp³-hybridized carbons (Fsp3) is 0.222.